The smallest absolute Gasteiger partial charge is 0.122 e. The first-order valence-electron chi connectivity index (χ1n) is 8.29. The van der Waals surface area contributed by atoms with E-state index in [4.69, 9.17) is 9.47 Å². The molecule has 1 aliphatic rings. The van der Waals surface area contributed by atoms with Crippen molar-refractivity contribution in [1.29, 1.82) is 0 Å². The standard InChI is InChI=1S/C18H29NO2/c1-15-13-16(2)17(3)18(14-15)21-10-6-4-5-7-19-8-11-20-12-9-19/h13-14H,4-12H2,1-3H3/p+1. The van der Waals surface area contributed by atoms with Crippen LogP contribution in [0.5, 0.6) is 5.75 Å². The van der Waals surface area contributed by atoms with Gasteiger partial charge in [-0.1, -0.05) is 6.07 Å². The monoisotopic (exact) mass is 292 g/mol. The number of hydrogen-bond acceptors (Lipinski definition) is 2. The molecule has 0 amide bonds. The van der Waals surface area contributed by atoms with Crippen molar-refractivity contribution in [3.05, 3.63) is 28.8 Å². The molecule has 1 aromatic carbocycles. The zero-order valence-corrected chi connectivity index (χ0v) is 13.8. The summed E-state index contributed by atoms with van der Waals surface area (Å²) in [6, 6.07) is 4.37. The van der Waals surface area contributed by atoms with Gasteiger partial charge in [0.1, 0.15) is 18.8 Å². The van der Waals surface area contributed by atoms with E-state index in [1.165, 1.54) is 49.2 Å². The summed E-state index contributed by atoms with van der Waals surface area (Å²) in [6.07, 6.45) is 3.70. The number of aryl methyl sites for hydroxylation is 2. The van der Waals surface area contributed by atoms with Gasteiger partial charge in [-0.3, -0.25) is 0 Å². The fourth-order valence-corrected chi connectivity index (χ4v) is 2.90. The quantitative estimate of drug-likeness (QED) is 0.778. The Morgan fingerprint density at radius 2 is 1.81 bits per heavy atom. The van der Waals surface area contributed by atoms with Crippen LogP contribution in [0.3, 0.4) is 0 Å². The number of benzene rings is 1. The molecule has 1 saturated heterocycles. The molecule has 3 nitrogen and oxygen atoms in total. The maximum atomic E-state index is 5.96. The van der Waals surface area contributed by atoms with Crippen molar-refractivity contribution in [2.24, 2.45) is 0 Å². The van der Waals surface area contributed by atoms with Gasteiger partial charge in [-0.15, -0.1) is 0 Å². The van der Waals surface area contributed by atoms with Crippen molar-refractivity contribution < 1.29 is 14.4 Å². The molecule has 0 aliphatic carbocycles. The van der Waals surface area contributed by atoms with Crippen molar-refractivity contribution in [1.82, 2.24) is 0 Å². The average molecular weight is 292 g/mol. The Bertz CT molecular complexity index is 439. The summed E-state index contributed by atoms with van der Waals surface area (Å²) in [5.74, 6) is 1.06. The van der Waals surface area contributed by atoms with Gasteiger partial charge in [-0.25, -0.2) is 0 Å². The largest absolute Gasteiger partial charge is 0.493 e. The minimum Gasteiger partial charge on any atom is -0.493 e. The van der Waals surface area contributed by atoms with Gasteiger partial charge in [0.15, 0.2) is 0 Å². The van der Waals surface area contributed by atoms with Crippen LogP contribution in [-0.2, 0) is 4.74 Å². The first kappa shape index (κ1) is 16.3. The number of nitrogens with one attached hydrogen (secondary N) is 1. The molecule has 0 atom stereocenters. The zero-order valence-electron chi connectivity index (χ0n) is 13.8. The van der Waals surface area contributed by atoms with Gasteiger partial charge in [-0.2, -0.15) is 0 Å². The Balaban J connectivity index is 1.61. The van der Waals surface area contributed by atoms with Gasteiger partial charge in [0, 0.05) is 0 Å². The molecule has 118 valence electrons. The number of unbranched alkanes of at least 4 members (excludes halogenated alkanes) is 2. The molecule has 1 heterocycles. The molecule has 0 radical (unpaired) electrons. The maximum absolute atomic E-state index is 5.96. The molecule has 0 aromatic heterocycles. The first-order chi connectivity index (χ1) is 10.2. The molecule has 1 aromatic rings. The highest BCUT2D eigenvalue weighted by molar-refractivity contribution is 5.41. The molecule has 0 unspecified atom stereocenters. The van der Waals surface area contributed by atoms with Crippen molar-refractivity contribution in [2.45, 2.75) is 40.0 Å². The van der Waals surface area contributed by atoms with Crippen molar-refractivity contribution in [3.63, 3.8) is 0 Å². The van der Waals surface area contributed by atoms with E-state index < -0.39 is 0 Å². The van der Waals surface area contributed by atoms with Crippen LogP contribution in [0, 0.1) is 20.8 Å². The molecule has 2 rings (SSSR count). The molecule has 1 N–H and O–H groups in total. The SMILES string of the molecule is Cc1cc(C)c(C)c(OCCCCC[NH+]2CCOCC2)c1. The molecule has 1 aliphatic heterocycles. The third kappa shape index (κ3) is 5.33. The molecule has 0 bridgehead atoms. The van der Waals surface area contributed by atoms with Crippen LogP contribution < -0.4 is 9.64 Å². The molecule has 3 heteroatoms. The number of ether oxygens (including phenoxy) is 2. The number of quaternary nitrogens is 1. The zero-order chi connectivity index (χ0) is 15.1. The second kappa shape index (κ2) is 8.40. The fraction of sp³-hybridized carbons (Fsp3) is 0.667. The average Bonchev–Trinajstić information content (AvgIpc) is 2.48. The van der Waals surface area contributed by atoms with Crippen molar-refractivity contribution >= 4 is 0 Å². The Labute approximate surface area is 129 Å². The lowest BCUT2D eigenvalue weighted by Gasteiger charge is -2.23. The topological polar surface area (TPSA) is 22.9 Å². The van der Waals surface area contributed by atoms with E-state index in [9.17, 15) is 0 Å². The molecular formula is C18H30NO2+. The predicted molar refractivity (Wildman–Crippen MR) is 86.4 cm³/mol. The van der Waals surface area contributed by atoms with Gasteiger partial charge in [0.25, 0.3) is 0 Å². The van der Waals surface area contributed by atoms with E-state index in [2.05, 4.69) is 32.9 Å². The van der Waals surface area contributed by atoms with Crippen LogP contribution in [0.4, 0.5) is 0 Å². The van der Waals surface area contributed by atoms with Gasteiger partial charge in [-0.05, 0) is 62.8 Å². The summed E-state index contributed by atoms with van der Waals surface area (Å²) in [6.45, 7) is 12.8. The number of hydrogen-bond donors (Lipinski definition) is 1. The van der Waals surface area contributed by atoms with Crippen LogP contribution in [0.2, 0.25) is 0 Å². The van der Waals surface area contributed by atoms with Crippen LogP contribution in [0.25, 0.3) is 0 Å². The Kier molecular flexibility index (Phi) is 6.52. The van der Waals surface area contributed by atoms with Crippen molar-refractivity contribution in [3.8, 4) is 5.75 Å². The van der Waals surface area contributed by atoms with Gasteiger partial charge in [0.05, 0.1) is 26.4 Å². The Morgan fingerprint density at radius 1 is 1.05 bits per heavy atom. The summed E-state index contributed by atoms with van der Waals surface area (Å²) in [4.78, 5) is 1.70. The summed E-state index contributed by atoms with van der Waals surface area (Å²) < 4.78 is 11.3. The van der Waals surface area contributed by atoms with Gasteiger partial charge >= 0.3 is 0 Å². The predicted octanol–water partition coefficient (Wildman–Crippen LogP) is 2.08. The molecule has 0 saturated carbocycles. The van der Waals surface area contributed by atoms with E-state index in [-0.39, 0.29) is 0 Å². The molecule has 1 fully saturated rings. The van der Waals surface area contributed by atoms with Crippen molar-refractivity contribution in [2.75, 3.05) is 39.5 Å². The minimum absolute atomic E-state index is 0.835. The highest BCUT2D eigenvalue weighted by atomic mass is 16.5. The third-order valence-corrected chi connectivity index (χ3v) is 4.40. The second-order valence-electron chi connectivity index (χ2n) is 6.23. The molecule has 21 heavy (non-hydrogen) atoms. The summed E-state index contributed by atoms with van der Waals surface area (Å²) in [7, 11) is 0. The first-order valence-corrected chi connectivity index (χ1v) is 8.29. The van der Waals surface area contributed by atoms with Crippen LogP contribution in [0.1, 0.15) is 36.0 Å². The van der Waals surface area contributed by atoms with Crippen LogP contribution in [0.15, 0.2) is 12.1 Å². The minimum atomic E-state index is 0.835. The lowest BCUT2D eigenvalue weighted by Crippen LogP contribution is -3.14. The Hall–Kier alpha value is -1.06. The van der Waals surface area contributed by atoms with E-state index in [1.54, 1.807) is 4.90 Å². The summed E-state index contributed by atoms with van der Waals surface area (Å²) in [5.41, 5.74) is 3.88. The van der Waals surface area contributed by atoms with Gasteiger partial charge < -0.3 is 14.4 Å². The van der Waals surface area contributed by atoms with E-state index in [1.807, 2.05) is 0 Å². The summed E-state index contributed by atoms with van der Waals surface area (Å²) in [5, 5.41) is 0. The lowest BCUT2D eigenvalue weighted by molar-refractivity contribution is -0.908. The highest BCUT2D eigenvalue weighted by Crippen LogP contribution is 2.23. The van der Waals surface area contributed by atoms with E-state index in [0.29, 0.717) is 0 Å². The lowest BCUT2D eigenvalue weighted by atomic mass is 10.1. The number of morpholine rings is 1. The molecular weight excluding hydrogens is 262 g/mol. The van der Waals surface area contributed by atoms with Crippen LogP contribution >= 0.6 is 0 Å². The summed E-state index contributed by atoms with van der Waals surface area (Å²) >= 11 is 0. The number of rotatable bonds is 7. The fourth-order valence-electron chi connectivity index (χ4n) is 2.90. The molecule has 0 spiro atoms. The highest BCUT2D eigenvalue weighted by Gasteiger charge is 2.12. The van der Waals surface area contributed by atoms with Gasteiger partial charge in [0.2, 0.25) is 0 Å². The van der Waals surface area contributed by atoms with E-state index >= 15 is 0 Å². The normalized spacial score (nSPS) is 16.1. The van der Waals surface area contributed by atoms with Crippen LogP contribution in [-0.4, -0.2) is 39.5 Å². The van der Waals surface area contributed by atoms with E-state index in [0.717, 1.165) is 32.0 Å². The second-order valence-corrected chi connectivity index (χ2v) is 6.23. The third-order valence-electron chi connectivity index (χ3n) is 4.40. The maximum Gasteiger partial charge on any atom is 0.122 e. The Morgan fingerprint density at radius 3 is 2.57 bits per heavy atom.